The maximum absolute atomic E-state index is 9.51. The molecule has 1 atom stereocenters. The number of ether oxygens (including phenoxy) is 1. The first-order valence-electron chi connectivity index (χ1n) is 6.96. The first kappa shape index (κ1) is 14.3. The molecular formula is C15H24N2O2. The van der Waals surface area contributed by atoms with Crippen molar-refractivity contribution in [2.75, 3.05) is 39.4 Å². The van der Waals surface area contributed by atoms with Gasteiger partial charge in [-0.05, 0) is 37.1 Å². The lowest BCUT2D eigenvalue weighted by Crippen LogP contribution is -2.51. The van der Waals surface area contributed by atoms with E-state index in [0.29, 0.717) is 6.61 Å². The highest BCUT2D eigenvalue weighted by atomic mass is 16.5. The molecule has 0 spiro atoms. The Morgan fingerprint density at radius 2 is 2.00 bits per heavy atom. The second-order valence-electron chi connectivity index (χ2n) is 5.18. The van der Waals surface area contributed by atoms with E-state index < -0.39 is 0 Å². The van der Waals surface area contributed by atoms with Crippen molar-refractivity contribution in [2.24, 2.45) is 0 Å². The van der Waals surface area contributed by atoms with E-state index in [1.807, 2.05) is 6.07 Å². The van der Waals surface area contributed by atoms with Crippen LogP contribution in [-0.2, 0) is 0 Å². The van der Waals surface area contributed by atoms with Crippen molar-refractivity contribution >= 4 is 0 Å². The van der Waals surface area contributed by atoms with Crippen molar-refractivity contribution < 1.29 is 9.84 Å². The third-order valence-corrected chi connectivity index (χ3v) is 3.80. The predicted molar refractivity (Wildman–Crippen MR) is 76.7 cm³/mol. The molecule has 0 bridgehead atoms. The second kappa shape index (κ2) is 6.89. The first-order chi connectivity index (χ1) is 9.20. The number of benzene rings is 1. The maximum Gasteiger partial charge on any atom is 0.119 e. The van der Waals surface area contributed by atoms with Crippen LogP contribution in [0.1, 0.15) is 11.1 Å². The van der Waals surface area contributed by atoms with Gasteiger partial charge in [0.25, 0.3) is 0 Å². The fraction of sp³-hybridized carbons (Fsp3) is 0.600. The summed E-state index contributed by atoms with van der Waals surface area (Å²) in [4.78, 5) is 2.29. The van der Waals surface area contributed by atoms with Gasteiger partial charge in [-0.1, -0.05) is 6.07 Å². The number of aliphatic hydroxyl groups is 1. The van der Waals surface area contributed by atoms with Crippen LogP contribution < -0.4 is 10.1 Å². The molecule has 1 aliphatic heterocycles. The third kappa shape index (κ3) is 3.93. The quantitative estimate of drug-likeness (QED) is 0.831. The highest BCUT2D eigenvalue weighted by molar-refractivity contribution is 5.33. The molecule has 1 saturated heterocycles. The molecule has 0 amide bonds. The van der Waals surface area contributed by atoms with Crippen LogP contribution in [0.15, 0.2) is 18.2 Å². The molecule has 2 N–H and O–H groups in total. The Morgan fingerprint density at radius 1 is 1.26 bits per heavy atom. The van der Waals surface area contributed by atoms with Crippen LogP contribution in [0.2, 0.25) is 0 Å². The smallest absolute Gasteiger partial charge is 0.119 e. The molecule has 1 aromatic rings. The second-order valence-corrected chi connectivity index (χ2v) is 5.18. The summed E-state index contributed by atoms with van der Waals surface area (Å²) in [6.45, 7) is 8.78. The van der Waals surface area contributed by atoms with Crippen LogP contribution in [-0.4, -0.2) is 55.4 Å². The third-order valence-electron chi connectivity index (χ3n) is 3.80. The molecule has 1 unspecified atom stereocenters. The molecule has 2 rings (SSSR count). The lowest BCUT2D eigenvalue weighted by molar-refractivity contribution is 0.0734. The summed E-state index contributed by atoms with van der Waals surface area (Å²) < 4.78 is 5.83. The number of piperazine rings is 1. The van der Waals surface area contributed by atoms with E-state index in [0.717, 1.165) is 31.9 Å². The Balaban J connectivity index is 1.89. The molecule has 1 aliphatic rings. The van der Waals surface area contributed by atoms with Crippen LogP contribution in [0.5, 0.6) is 5.75 Å². The highest BCUT2D eigenvalue weighted by Crippen LogP contribution is 2.17. The van der Waals surface area contributed by atoms with Gasteiger partial charge in [0.2, 0.25) is 0 Å². The van der Waals surface area contributed by atoms with Crippen molar-refractivity contribution in [3.05, 3.63) is 29.3 Å². The van der Waals surface area contributed by atoms with E-state index in [4.69, 9.17) is 4.74 Å². The Bertz CT molecular complexity index is 403. The van der Waals surface area contributed by atoms with Crippen LogP contribution in [0, 0.1) is 13.8 Å². The Morgan fingerprint density at radius 3 is 2.63 bits per heavy atom. The molecule has 0 radical (unpaired) electrons. The lowest BCUT2D eigenvalue weighted by atomic mass is 10.1. The average molecular weight is 264 g/mol. The van der Waals surface area contributed by atoms with Crippen molar-refractivity contribution in [1.82, 2.24) is 10.2 Å². The van der Waals surface area contributed by atoms with Crippen molar-refractivity contribution in [3.8, 4) is 5.75 Å². The largest absolute Gasteiger partial charge is 0.492 e. The molecule has 0 aromatic heterocycles. The number of rotatable bonds is 5. The van der Waals surface area contributed by atoms with E-state index in [1.165, 1.54) is 11.1 Å². The van der Waals surface area contributed by atoms with Crippen LogP contribution in [0.3, 0.4) is 0 Å². The lowest BCUT2D eigenvalue weighted by Gasteiger charge is -2.33. The average Bonchev–Trinajstić information content (AvgIpc) is 2.44. The molecule has 19 heavy (non-hydrogen) atoms. The summed E-state index contributed by atoms with van der Waals surface area (Å²) in [7, 11) is 0. The van der Waals surface area contributed by atoms with Crippen molar-refractivity contribution in [2.45, 2.75) is 19.9 Å². The van der Waals surface area contributed by atoms with Gasteiger partial charge < -0.3 is 15.2 Å². The van der Waals surface area contributed by atoms with E-state index in [1.54, 1.807) is 0 Å². The molecule has 4 heteroatoms. The van der Waals surface area contributed by atoms with Crippen LogP contribution >= 0.6 is 0 Å². The van der Waals surface area contributed by atoms with E-state index >= 15 is 0 Å². The summed E-state index contributed by atoms with van der Waals surface area (Å²) in [5.41, 5.74) is 2.51. The van der Waals surface area contributed by atoms with Gasteiger partial charge >= 0.3 is 0 Å². The number of aryl methyl sites for hydroxylation is 2. The van der Waals surface area contributed by atoms with Gasteiger partial charge in [-0.3, -0.25) is 4.90 Å². The molecule has 0 aliphatic carbocycles. The molecule has 0 saturated carbocycles. The fourth-order valence-electron chi connectivity index (χ4n) is 2.32. The molecule has 1 fully saturated rings. The van der Waals surface area contributed by atoms with E-state index in [-0.39, 0.29) is 12.6 Å². The minimum absolute atomic E-state index is 0.0868. The predicted octanol–water partition coefficient (Wildman–Crippen LogP) is 0.948. The van der Waals surface area contributed by atoms with Gasteiger partial charge in [-0.2, -0.15) is 0 Å². The summed E-state index contributed by atoms with van der Waals surface area (Å²) in [5, 5.41) is 12.8. The monoisotopic (exact) mass is 264 g/mol. The summed E-state index contributed by atoms with van der Waals surface area (Å²) in [5.74, 6) is 0.886. The zero-order valence-corrected chi connectivity index (χ0v) is 11.9. The summed E-state index contributed by atoms with van der Waals surface area (Å²) >= 11 is 0. The minimum Gasteiger partial charge on any atom is -0.492 e. The van der Waals surface area contributed by atoms with Crippen molar-refractivity contribution in [1.29, 1.82) is 0 Å². The first-order valence-corrected chi connectivity index (χ1v) is 6.96. The summed E-state index contributed by atoms with van der Waals surface area (Å²) in [6.07, 6.45) is 0. The zero-order chi connectivity index (χ0) is 13.7. The number of nitrogens with one attached hydrogen (secondary N) is 1. The van der Waals surface area contributed by atoms with E-state index in [2.05, 4.69) is 36.2 Å². The number of nitrogens with zero attached hydrogens (tertiary/aromatic N) is 1. The normalized spacial score (nSPS) is 18.3. The Kier molecular flexibility index (Phi) is 5.19. The van der Waals surface area contributed by atoms with Crippen molar-refractivity contribution in [3.63, 3.8) is 0 Å². The minimum atomic E-state index is 0.0868. The SMILES string of the molecule is Cc1ccc(OCC(CO)N2CCNCC2)cc1C. The summed E-state index contributed by atoms with van der Waals surface area (Å²) in [6, 6.07) is 6.21. The molecule has 4 nitrogen and oxygen atoms in total. The standard InChI is InChI=1S/C15H24N2O2/c1-12-3-4-15(9-13(12)2)19-11-14(10-18)17-7-5-16-6-8-17/h3-4,9,14,16,18H,5-8,10-11H2,1-2H3. The fourth-order valence-corrected chi connectivity index (χ4v) is 2.32. The van der Waals surface area contributed by atoms with Gasteiger partial charge in [0.05, 0.1) is 12.6 Å². The number of hydrogen-bond donors (Lipinski definition) is 2. The van der Waals surface area contributed by atoms with Gasteiger partial charge in [0, 0.05) is 26.2 Å². The molecular weight excluding hydrogens is 240 g/mol. The zero-order valence-electron chi connectivity index (χ0n) is 11.9. The molecule has 106 valence electrons. The van der Waals surface area contributed by atoms with E-state index in [9.17, 15) is 5.11 Å². The topological polar surface area (TPSA) is 44.7 Å². The van der Waals surface area contributed by atoms with Gasteiger partial charge in [0.15, 0.2) is 0 Å². The van der Waals surface area contributed by atoms with Crippen LogP contribution in [0.25, 0.3) is 0 Å². The van der Waals surface area contributed by atoms with Gasteiger partial charge in [-0.25, -0.2) is 0 Å². The molecule has 1 aromatic carbocycles. The van der Waals surface area contributed by atoms with Crippen LogP contribution in [0.4, 0.5) is 0 Å². The Hall–Kier alpha value is -1.10. The highest BCUT2D eigenvalue weighted by Gasteiger charge is 2.20. The molecule has 1 heterocycles. The number of hydrogen-bond acceptors (Lipinski definition) is 4. The number of aliphatic hydroxyl groups excluding tert-OH is 1. The maximum atomic E-state index is 9.51. The Labute approximate surface area is 115 Å². The van der Waals surface area contributed by atoms with Gasteiger partial charge in [-0.15, -0.1) is 0 Å². The van der Waals surface area contributed by atoms with Gasteiger partial charge in [0.1, 0.15) is 12.4 Å².